The van der Waals surface area contributed by atoms with Gasteiger partial charge in [0.1, 0.15) is 16.5 Å². The van der Waals surface area contributed by atoms with Gasteiger partial charge in [-0.1, -0.05) is 48.6 Å². The van der Waals surface area contributed by atoms with E-state index in [1.54, 1.807) is 12.1 Å². The molecular formula is C19H18FN3OS. The summed E-state index contributed by atoms with van der Waals surface area (Å²) < 4.78 is 13.9. The highest BCUT2D eigenvalue weighted by Gasteiger charge is 2.21. The molecule has 3 N–H and O–H groups in total. The van der Waals surface area contributed by atoms with Crippen LogP contribution in [0.25, 0.3) is 0 Å². The first-order valence-electron chi connectivity index (χ1n) is 7.92. The van der Waals surface area contributed by atoms with Gasteiger partial charge in [-0.3, -0.25) is 4.79 Å². The number of aromatic nitrogens is 1. The molecule has 0 saturated heterocycles. The number of ketones is 1. The lowest BCUT2D eigenvalue weighted by atomic mass is 10.1. The summed E-state index contributed by atoms with van der Waals surface area (Å²) in [6, 6.07) is 11.9. The van der Waals surface area contributed by atoms with Crippen molar-refractivity contribution >= 4 is 33.8 Å². The molecule has 2 aromatic carbocycles. The number of hydrogen-bond donors (Lipinski definition) is 2. The number of anilines is 3. The SMILES string of the molecule is CCc1cccc(C)c1Nc1nc(N)c(C(=O)c2ccccc2F)s1. The molecule has 1 heterocycles. The molecule has 128 valence electrons. The van der Waals surface area contributed by atoms with Gasteiger partial charge < -0.3 is 11.1 Å². The van der Waals surface area contributed by atoms with Gasteiger partial charge in [0.25, 0.3) is 0 Å². The molecule has 0 radical (unpaired) electrons. The van der Waals surface area contributed by atoms with Gasteiger partial charge in [0, 0.05) is 5.69 Å². The third-order valence-electron chi connectivity index (χ3n) is 3.95. The van der Waals surface area contributed by atoms with Crippen molar-refractivity contribution < 1.29 is 9.18 Å². The molecule has 0 aliphatic rings. The van der Waals surface area contributed by atoms with Crippen LogP contribution in [0.1, 0.15) is 33.3 Å². The van der Waals surface area contributed by atoms with E-state index in [1.807, 2.05) is 25.1 Å². The second-order valence-corrected chi connectivity index (χ2v) is 6.63. The number of para-hydroxylation sites is 1. The zero-order valence-electron chi connectivity index (χ0n) is 14.0. The largest absolute Gasteiger partial charge is 0.382 e. The summed E-state index contributed by atoms with van der Waals surface area (Å²) in [7, 11) is 0. The van der Waals surface area contributed by atoms with E-state index < -0.39 is 11.6 Å². The Hall–Kier alpha value is -2.73. The maximum absolute atomic E-state index is 13.9. The minimum atomic E-state index is -0.568. The molecule has 0 fully saturated rings. The predicted octanol–water partition coefficient (Wildman–Crippen LogP) is 4.71. The van der Waals surface area contributed by atoms with Gasteiger partial charge in [-0.2, -0.15) is 0 Å². The average Bonchev–Trinajstić information content (AvgIpc) is 2.97. The molecule has 25 heavy (non-hydrogen) atoms. The van der Waals surface area contributed by atoms with E-state index >= 15 is 0 Å². The molecule has 0 unspecified atom stereocenters. The van der Waals surface area contributed by atoms with Crippen molar-refractivity contribution in [2.24, 2.45) is 0 Å². The van der Waals surface area contributed by atoms with E-state index in [1.165, 1.54) is 12.1 Å². The number of hydrogen-bond acceptors (Lipinski definition) is 5. The van der Waals surface area contributed by atoms with Crippen LogP contribution in [0.2, 0.25) is 0 Å². The Kier molecular flexibility index (Phi) is 4.81. The predicted molar refractivity (Wildman–Crippen MR) is 100 cm³/mol. The zero-order chi connectivity index (χ0) is 18.0. The smallest absolute Gasteiger partial charge is 0.209 e. The number of benzene rings is 2. The molecule has 6 heteroatoms. The second kappa shape index (κ2) is 7.03. The third kappa shape index (κ3) is 3.39. The first kappa shape index (κ1) is 17.1. The average molecular weight is 355 g/mol. The van der Waals surface area contributed by atoms with E-state index in [0.717, 1.165) is 34.6 Å². The molecule has 0 aliphatic heterocycles. The number of nitrogens with one attached hydrogen (secondary N) is 1. The minimum Gasteiger partial charge on any atom is -0.382 e. The van der Waals surface area contributed by atoms with E-state index in [-0.39, 0.29) is 16.3 Å². The second-order valence-electron chi connectivity index (χ2n) is 5.63. The first-order chi connectivity index (χ1) is 12.0. The number of nitrogens with two attached hydrogens (primary N) is 1. The summed E-state index contributed by atoms with van der Waals surface area (Å²) >= 11 is 1.13. The highest BCUT2D eigenvalue weighted by molar-refractivity contribution is 7.18. The fourth-order valence-electron chi connectivity index (χ4n) is 2.62. The summed E-state index contributed by atoms with van der Waals surface area (Å²) in [6.07, 6.45) is 0.867. The number of carbonyl (C=O) groups excluding carboxylic acids is 1. The molecule has 1 aromatic heterocycles. The van der Waals surface area contributed by atoms with Crippen molar-refractivity contribution in [3.05, 3.63) is 69.8 Å². The van der Waals surface area contributed by atoms with Crippen LogP contribution in [0.15, 0.2) is 42.5 Å². The van der Waals surface area contributed by atoms with Crippen LogP contribution in [-0.2, 0) is 6.42 Å². The standard InChI is InChI=1S/C19H18FN3OS/c1-3-12-8-6-7-11(2)15(12)22-19-23-18(21)17(25-19)16(24)13-9-4-5-10-14(13)20/h4-10H,3,21H2,1-2H3,(H,22,23). The Balaban J connectivity index is 1.94. The number of carbonyl (C=O) groups is 1. The number of thiazole rings is 1. The summed E-state index contributed by atoms with van der Waals surface area (Å²) in [5.41, 5.74) is 9.09. The van der Waals surface area contributed by atoms with Gasteiger partial charge in [0.05, 0.1) is 5.56 Å². The van der Waals surface area contributed by atoms with Crippen molar-refractivity contribution in [3.8, 4) is 0 Å². The number of aryl methyl sites for hydroxylation is 2. The van der Waals surface area contributed by atoms with Gasteiger partial charge in [-0.05, 0) is 36.6 Å². The van der Waals surface area contributed by atoms with Crippen molar-refractivity contribution in [2.45, 2.75) is 20.3 Å². The molecule has 0 aliphatic carbocycles. The topological polar surface area (TPSA) is 68.0 Å². The molecule has 3 rings (SSSR count). The van der Waals surface area contributed by atoms with Crippen LogP contribution >= 0.6 is 11.3 Å². The Labute approximate surface area is 149 Å². The molecular weight excluding hydrogens is 337 g/mol. The number of nitrogens with zero attached hydrogens (tertiary/aromatic N) is 1. The quantitative estimate of drug-likeness (QED) is 0.651. The normalized spacial score (nSPS) is 10.7. The molecule has 0 spiro atoms. The lowest BCUT2D eigenvalue weighted by molar-refractivity contribution is 0.103. The Bertz CT molecular complexity index is 936. The number of nitrogen functional groups attached to an aromatic ring is 1. The van der Waals surface area contributed by atoms with Crippen molar-refractivity contribution in [2.75, 3.05) is 11.1 Å². The minimum absolute atomic E-state index is 0.00506. The monoisotopic (exact) mass is 355 g/mol. The van der Waals surface area contributed by atoms with Crippen molar-refractivity contribution in [1.29, 1.82) is 0 Å². The summed E-state index contributed by atoms with van der Waals surface area (Å²) in [6.45, 7) is 4.08. The Morgan fingerprint density at radius 1 is 1.24 bits per heavy atom. The Morgan fingerprint density at radius 3 is 2.72 bits per heavy atom. The molecule has 0 atom stereocenters. The molecule has 3 aromatic rings. The van der Waals surface area contributed by atoms with Crippen LogP contribution in [0.3, 0.4) is 0 Å². The van der Waals surface area contributed by atoms with Crippen LogP contribution in [0, 0.1) is 12.7 Å². The van der Waals surface area contributed by atoms with E-state index in [2.05, 4.69) is 17.2 Å². The van der Waals surface area contributed by atoms with Gasteiger partial charge in [0.15, 0.2) is 5.13 Å². The van der Waals surface area contributed by atoms with Crippen molar-refractivity contribution in [1.82, 2.24) is 4.98 Å². The molecule has 0 amide bonds. The van der Waals surface area contributed by atoms with Gasteiger partial charge in [-0.25, -0.2) is 9.37 Å². The van der Waals surface area contributed by atoms with Crippen LogP contribution in [0.5, 0.6) is 0 Å². The summed E-state index contributed by atoms with van der Waals surface area (Å²) in [5.74, 6) is -0.920. The highest BCUT2D eigenvalue weighted by Crippen LogP contribution is 2.32. The van der Waals surface area contributed by atoms with Gasteiger partial charge in [0.2, 0.25) is 5.78 Å². The fourth-order valence-corrected chi connectivity index (χ4v) is 3.47. The fraction of sp³-hybridized carbons (Fsp3) is 0.158. The Morgan fingerprint density at radius 2 is 2.00 bits per heavy atom. The maximum atomic E-state index is 13.9. The van der Waals surface area contributed by atoms with Crippen LogP contribution < -0.4 is 11.1 Å². The number of halogens is 1. The number of rotatable bonds is 5. The van der Waals surface area contributed by atoms with Gasteiger partial charge in [-0.15, -0.1) is 0 Å². The summed E-state index contributed by atoms with van der Waals surface area (Å²) in [4.78, 5) is 17.0. The maximum Gasteiger partial charge on any atom is 0.209 e. The third-order valence-corrected chi connectivity index (χ3v) is 4.94. The molecule has 4 nitrogen and oxygen atoms in total. The van der Waals surface area contributed by atoms with Crippen molar-refractivity contribution in [3.63, 3.8) is 0 Å². The summed E-state index contributed by atoms with van der Waals surface area (Å²) in [5, 5.41) is 3.77. The molecule has 0 bridgehead atoms. The lowest BCUT2D eigenvalue weighted by Crippen LogP contribution is -2.04. The highest BCUT2D eigenvalue weighted by atomic mass is 32.1. The molecule has 0 saturated carbocycles. The van der Waals surface area contributed by atoms with E-state index in [4.69, 9.17) is 5.73 Å². The van der Waals surface area contributed by atoms with E-state index in [0.29, 0.717) is 5.13 Å². The van der Waals surface area contributed by atoms with Crippen LogP contribution in [0.4, 0.5) is 21.0 Å². The van der Waals surface area contributed by atoms with Gasteiger partial charge >= 0.3 is 0 Å². The van der Waals surface area contributed by atoms with E-state index in [9.17, 15) is 9.18 Å². The first-order valence-corrected chi connectivity index (χ1v) is 8.74. The van der Waals surface area contributed by atoms with Crippen LogP contribution in [-0.4, -0.2) is 10.8 Å². The lowest BCUT2D eigenvalue weighted by Gasteiger charge is -2.11. The zero-order valence-corrected chi connectivity index (χ0v) is 14.8.